The molecule has 31 heavy (non-hydrogen) atoms. The van der Waals surface area contributed by atoms with E-state index in [4.69, 9.17) is 0 Å². The van der Waals surface area contributed by atoms with Crippen molar-refractivity contribution in [2.75, 3.05) is 0 Å². The second-order valence-corrected chi connectivity index (χ2v) is 7.76. The third kappa shape index (κ3) is 4.87. The lowest BCUT2D eigenvalue weighted by atomic mass is 10.1. The quantitative estimate of drug-likeness (QED) is 0.487. The van der Waals surface area contributed by atoms with E-state index < -0.39 is 11.9 Å². The third-order valence-electron chi connectivity index (χ3n) is 4.77. The van der Waals surface area contributed by atoms with Crippen molar-refractivity contribution in [2.45, 2.75) is 19.5 Å². The summed E-state index contributed by atoms with van der Waals surface area (Å²) in [7, 11) is 0. The summed E-state index contributed by atoms with van der Waals surface area (Å²) >= 11 is 1.41. The third-order valence-corrected chi connectivity index (χ3v) is 5.66. The van der Waals surface area contributed by atoms with Crippen molar-refractivity contribution in [1.82, 2.24) is 20.2 Å². The summed E-state index contributed by atoms with van der Waals surface area (Å²) in [6.45, 7) is 0.448. The largest absolute Gasteiger partial charge is 0.334 e. The van der Waals surface area contributed by atoms with Gasteiger partial charge in [0.15, 0.2) is 0 Å². The summed E-state index contributed by atoms with van der Waals surface area (Å²) in [5.74, 6) is -0.467. The van der Waals surface area contributed by atoms with Crippen LogP contribution in [0.25, 0.3) is 21.3 Å². The normalized spacial score (nSPS) is 10.7. The molecule has 0 atom stereocenters. The molecule has 4 rings (SSSR count). The lowest BCUT2D eigenvalue weighted by molar-refractivity contribution is -0.120. The Morgan fingerprint density at radius 2 is 1.71 bits per heavy atom. The van der Waals surface area contributed by atoms with Crippen molar-refractivity contribution in [3.8, 4) is 11.1 Å². The van der Waals surface area contributed by atoms with Crippen LogP contribution in [0.5, 0.6) is 0 Å². The van der Waals surface area contributed by atoms with Crippen LogP contribution in [0.4, 0.5) is 4.79 Å². The van der Waals surface area contributed by atoms with Crippen molar-refractivity contribution in [2.24, 2.45) is 0 Å². The standard InChI is InChI=1S/C23H20N4O3S/c28-19(26-23(30)24-13-16-7-3-1-4-8-16)11-12-27-15-25-21-20(22(27)29)18(14-31-21)17-9-5-2-6-10-17/h1-10,14-15H,11-13H2,(H2,24,26,28,30). The summed E-state index contributed by atoms with van der Waals surface area (Å²) in [6, 6.07) is 18.5. The number of rotatable bonds is 6. The highest BCUT2D eigenvalue weighted by molar-refractivity contribution is 7.17. The monoisotopic (exact) mass is 432 g/mol. The Bertz CT molecular complexity index is 1270. The molecule has 0 bridgehead atoms. The molecule has 156 valence electrons. The van der Waals surface area contributed by atoms with E-state index in [1.165, 1.54) is 22.2 Å². The van der Waals surface area contributed by atoms with Gasteiger partial charge in [0, 0.05) is 30.5 Å². The van der Waals surface area contributed by atoms with Gasteiger partial charge in [0.1, 0.15) is 4.83 Å². The molecule has 7 nitrogen and oxygen atoms in total. The van der Waals surface area contributed by atoms with E-state index >= 15 is 0 Å². The van der Waals surface area contributed by atoms with Crippen LogP contribution in [0.3, 0.4) is 0 Å². The summed E-state index contributed by atoms with van der Waals surface area (Å²) < 4.78 is 1.41. The predicted molar refractivity (Wildman–Crippen MR) is 121 cm³/mol. The highest BCUT2D eigenvalue weighted by Crippen LogP contribution is 2.30. The van der Waals surface area contributed by atoms with Gasteiger partial charge in [-0.05, 0) is 11.1 Å². The number of carbonyl (C=O) groups is 2. The van der Waals surface area contributed by atoms with E-state index in [2.05, 4.69) is 15.6 Å². The van der Waals surface area contributed by atoms with Gasteiger partial charge in [0.05, 0.1) is 11.7 Å². The Balaban J connectivity index is 1.39. The van der Waals surface area contributed by atoms with Gasteiger partial charge in [0.25, 0.3) is 5.56 Å². The average molecular weight is 433 g/mol. The van der Waals surface area contributed by atoms with Crippen LogP contribution in [0.1, 0.15) is 12.0 Å². The molecule has 2 heterocycles. The molecule has 2 aromatic heterocycles. The van der Waals surface area contributed by atoms with Crippen molar-refractivity contribution >= 4 is 33.5 Å². The molecule has 0 spiro atoms. The Hall–Kier alpha value is -3.78. The number of urea groups is 1. The number of amides is 3. The van der Waals surface area contributed by atoms with Gasteiger partial charge in [-0.2, -0.15) is 0 Å². The van der Waals surface area contributed by atoms with Crippen LogP contribution in [0.15, 0.2) is 77.2 Å². The van der Waals surface area contributed by atoms with Gasteiger partial charge in [-0.25, -0.2) is 9.78 Å². The zero-order chi connectivity index (χ0) is 21.6. The second-order valence-electron chi connectivity index (χ2n) is 6.91. The molecule has 0 fully saturated rings. The number of hydrogen-bond acceptors (Lipinski definition) is 5. The number of hydrogen-bond donors (Lipinski definition) is 2. The van der Waals surface area contributed by atoms with Gasteiger partial charge in [-0.3, -0.25) is 19.5 Å². The predicted octanol–water partition coefficient (Wildman–Crippen LogP) is 3.54. The molecule has 0 unspecified atom stereocenters. The first kappa shape index (κ1) is 20.5. The van der Waals surface area contributed by atoms with Crippen LogP contribution in [0.2, 0.25) is 0 Å². The van der Waals surface area contributed by atoms with Gasteiger partial charge in [-0.1, -0.05) is 60.7 Å². The summed E-state index contributed by atoms with van der Waals surface area (Å²) in [4.78, 5) is 42.1. The molecule has 3 amide bonds. The smallest absolute Gasteiger partial charge is 0.321 e. The lowest BCUT2D eigenvalue weighted by Gasteiger charge is -2.08. The van der Waals surface area contributed by atoms with Crippen molar-refractivity contribution in [3.63, 3.8) is 0 Å². The number of thiophene rings is 1. The van der Waals surface area contributed by atoms with Crippen LogP contribution >= 0.6 is 11.3 Å². The first-order valence-corrected chi connectivity index (χ1v) is 10.6. The Morgan fingerprint density at radius 3 is 2.45 bits per heavy atom. The van der Waals surface area contributed by atoms with Crippen molar-refractivity contribution < 1.29 is 9.59 Å². The van der Waals surface area contributed by atoms with Crippen LogP contribution in [-0.2, 0) is 17.9 Å². The first-order valence-electron chi connectivity index (χ1n) is 9.75. The molecule has 2 N–H and O–H groups in total. The molecular formula is C23H20N4O3S. The molecule has 0 aliphatic heterocycles. The van der Waals surface area contributed by atoms with E-state index in [1.54, 1.807) is 0 Å². The topological polar surface area (TPSA) is 93.1 Å². The molecule has 2 aromatic carbocycles. The highest BCUT2D eigenvalue weighted by Gasteiger charge is 2.14. The Kier molecular flexibility index (Phi) is 6.18. The fraction of sp³-hybridized carbons (Fsp3) is 0.130. The number of aryl methyl sites for hydroxylation is 1. The summed E-state index contributed by atoms with van der Waals surface area (Å²) in [6.07, 6.45) is 1.43. The molecule has 4 aromatic rings. The van der Waals surface area contributed by atoms with Gasteiger partial charge in [0.2, 0.25) is 5.91 Å². The highest BCUT2D eigenvalue weighted by atomic mass is 32.1. The molecule has 8 heteroatoms. The SMILES string of the molecule is O=C(CCn1cnc2scc(-c3ccccc3)c2c1=O)NC(=O)NCc1ccccc1. The molecule has 0 aliphatic carbocycles. The maximum atomic E-state index is 13.0. The van der Waals surface area contributed by atoms with Crippen LogP contribution in [0, 0.1) is 0 Å². The number of benzene rings is 2. The van der Waals surface area contributed by atoms with E-state index in [9.17, 15) is 14.4 Å². The molecule has 0 radical (unpaired) electrons. The number of fused-ring (bicyclic) bond motifs is 1. The molecule has 0 saturated carbocycles. The minimum Gasteiger partial charge on any atom is -0.334 e. The van der Waals surface area contributed by atoms with E-state index in [0.29, 0.717) is 16.8 Å². The zero-order valence-electron chi connectivity index (χ0n) is 16.6. The van der Waals surface area contributed by atoms with Gasteiger partial charge < -0.3 is 5.32 Å². The average Bonchev–Trinajstić information content (AvgIpc) is 3.24. The molecule has 0 saturated heterocycles. The van der Waals surface area contributed by atoms with E-state index in [1.807, 2.05) is 66.0 Å². The number of aromatic nitrogens is 2. The number of nitrogens with zero attached hydrogens (tertiary/aromatic N) is 2. The van der Waals surface area contributed by atoms with Crippen LogP contribution in [-0.4, -0.2) is 21.5 Å². The van der Waals surface area contributed by atoms with E-state index in [0.717, 1.165) is 16.7 Å². The fourth-order valence-corrected chi connectivity index (χ4v) is 4.10. The zero-order valence-corrected chi connectivity index (χ0v) is 17.4. The Morgan fingerprint density at radius 1 is 1.00 bits per heavy atom. The summed E-state index contributed by atoms with van der Waals surface area (Å²) in [5, 5.41) is 7.38. The molecular weight excluding hydrogens is 412 g/mol. The fourth-order valence-electron chi connectivity index (χ4n) is 3.19. The number of nitrogens with one attached hydrogen (secondary N) is 2. The first-order chi connectivity index (χ1) is 15.1. The van der Waals surface area contributed by atoms with Crippen molar-refractivity contribution in [1.29, 1.82) is 0 Å². The van der Waals surface area contributed by atoms with Gasteiger partial charge >= 0.3 is 6.03 Å². The maximum absolute atomic E-state index is 13.0. The van der Waals surface area contributed by atoms with Gasteiger partial charge in [-0.15, -0.1) is 11.3 Å². The Labute approximate surface area is 182 Å². The lowest BCUT2D eigenvalue weighted by Crippen LogP contribution is -2.39. The number of imide groups is 1. The minimum atomic E-state index is -0.570. The number of carbonyl (C=O) groups excluding carboxylic acids is 2. The molecule has 0 aliphatic rings. The van der Waals surface area contributed by atoms with E-state index in [-0.39, 0.29) is 18.5 Å². The second kappa shape index (κ2) is 9.36. The van der Waals surface area contributed by atoms with Crippen molar-refractivity contribution in [3.05, 3.63) is 88.3 Å². The maximum Gasteiger partial charge on any atom is 0.321 e. The minimum absolute atomic E-state index is 0.0172. The van der Waals surface area contributed by atoms with Crippen LogP contribution < -0.4 is 16.2 Å². The summed E-state index contributed by atoms with van der Waals surface area (Å²) in [5.41, 5.74) is 2.50.